The van der Waals surface area contributed by atoms with Crippen LogP contribution in [0.1, 0.15) is 5.56 Å². The van der Waals surface area contributed by atoms with Gasteiger partial charge in [-0.3, -0.25) is 4.79 Å². The van der Waals surface area contributed by atoms with Crippen LogP contribution in [0.15, 0.2) is 6.33 Å². The molecule has 7 nitrogen and oxygen atoms in total. The Hall–Kier alpha value is -1.89. The molecule has 0 aliphatic rings. The Labute approximate surface area is 109 Å². The van der Waals surface area contributed by atoms with Gasteiger partial charge in [-0.05, 0) is 6.92 Å². The first-order valence-corrected chi connectivity index (χ1v) is 5.68. The minimum atomic E-state index is -0.0457. The average Bonchev–Trinajstić information content (AvgIpc) is 2.76. The lowest BCUT2D eigenvalue weighted by molar-refractivity contribution is -0.126. The molecule has 0 unspecified atom stereocenters. The number of carbonyl (C=O) groups excluding carboxylic acids is 1. The molecular weight excluding hydrogens is 256 g/mol. The van der Waals surface area contributed by atoms with Crippen molar-refractivity contribution < 1.29 is 4.79 Å². The summed E-state index contributed by atoms with van der Waals surface area (Å²) in [5.41, 5.74) is 0.723. The molecule has 1 amide bonds. The predicted octanol–water partition coefficient (Wildman–Crippen LogP) is 0.586. The van der Waals surface area contributed by atoms with Crippen molar-refractivity contribution in [2.45, 2.75) is 6.92 Å². The predicted molar refractivity (Wildman–Crippen MR) is 67.7 cm³/mol. The zero-order chi connectivity index (χ0) is 13.3. The maximum Gasteiger partial charge on any atom is 0.255 e. The minimum Gasteiger partial charge on any atom is -0.361 e. The zero-order valence-corrected chi connectivity index (χ0v) is 11.1. The zero-order valence-electron chi connectivity index (χ0n) is 10.3. The summed E-state index contributed by atoms with van der Waals surface area (Å²) in [5.74, 6) is 0.971. The van der Waals surface area contributed by atoms with Gasteiger partial charge in [0.1, 0.15) is 17.3 Å². The first kappa shape index (κ1) is 12.6. The Bertz CT molecular complexity index is 593. The maximum absolute atomic E-state index is 11.6. The second-order valence-electron chi connectivity index (χ2n) is 3.99. The molecule has 2 aromatic heterocycles. The van der Waals surface area contributed by atoms with Gasteiger partial charge in [-0.15, -0.1) is 0 Å². The fourth-order valence-electron chi connectivity index (χ4n) is 1.42. The van der Waals surface area contributed by atoms with E-state index in [9.17, 15) is 4.79 Å². The molecule has 18 heavy (non-hydrogen) atoms. The molecular formula is C10H13ClN6O. The van der Waals surface area contributed by atoms with E-state index in [0.29, 0.717) is 16.7 Å². The lowest BCUT2D eigenvalue weighted by Gasteiger charge is -2.14. The molecule has 2 aromatic rings. The highest BCUT2D eigenvalue weighted by Crippen LogP contribution is 2.21. The number of hydrogen-bond acceptors (Lipinski definition) is 5. The molecule has 0 aliphatic carbocycles. The van der Waals surface area contributed by atoms with Crippen LogP contribution in [0.5, 0.6) is 0 Å². The number of amides is 1. The lowest BCUT2D eigenvalue weighted by Crippen LogP contribution is -2.29. The quantitative estimate of drug-likeness (QED) is 0.825. The van der Waals surface area contributed by atoms with Crippen LogP contribution in [0.4, 0.5) is 5.82 Å². The summed E-state index contributed by atoms with van der Waals surface area (Å²) in [7, 11) is 3.39. The molecule has 0 saturated heterocycles. The van der Waals surface area contributed by atoms with Crippen molar-refractivity contribution >= 4 is 29.1 Å². The third-order valence-electron chi connectivity index (χ3n) is 2.51. The summed E-state index contributed by atoms with van der Waals surface area (Å²) < 4.78 is 1.52. The van der Waals surface area contributed by atoms with E-state index in [-0.39, 0.29) is 12.5 Å². The van der Waals surface area contributed by atoms with Crippen molar-refractivity contribution in [1.29, 1.82) is 0 Å². The van der Waals surface area contributed by atoms with Crippen molar-refractivity contribution in [1.82, 2.24) is 24.5 Å². The van der Waals surface area contributed by atoms with Gasteiger partial charge in [0.15, 0.2) is 0 Å². The standard InChI is InChI=1S/C10H13ClN6O/c1-6-8(11)15-10-13-5-14-17(10)9(6)12-4-7(18)16(2)3/h5,12H,4H2,1-3H3. The molecule has 0 radical (unpaired) electrons. The number of carbonyl (C=O) groups is 1. The Morgan fingerprint density at radius 2 is 2.28 bits per heavy atom. The van der Waals surface area contributed by atoms with Crippen LogP contribution in [0.2, 0.25) is 5.15 Å². The normalized spacial score (nSPS) is 10.7. The number of aromatic nitrogens is 4. The van der Waals surface area contributed by atoms with Crippen LogP contribution in [-0.4, -0.2) is 51.0 Å². The number of nitrogens with zero attached hydrogens (tertiary/aromatic N) is 5. The van der Waals surface area contributed by atoms with Crippen LogP contribution in [0.3, 0.4) is 0 Å². The summed E-state index contributed by atoms with van der Waals surface area (Å²) in [5, 5.41) is 7.39. The fraction of sp³-hybridized carbons (Fsp3) is 0.400. The summed E-state index contributed by atoms with van der Waals surface area (Å²) in [6.45, 7) is 1.96. The monoisotopic (exact) mass is 268 g/mol. The molecule has 0 bridgehead atoms. The third kappa shape index (κ3) is 2.21. The maximum atomic E-state index is 11.6. The van der Waals surface area contributed by atoms with Gasteiger partial charge in [-0.1, -0.05) is 11.6 Å². The third-order valence-corrected chi connectivity index (χ3v) is 2.88. The molecule has 8 heteroatoms. The van der Waals surface area contributed by atoms with Crippen LogP contribution in [0.25, 0.3) is 5.78 Å². The van der Waals surface area contributed by atoms with Crippen molar-refractivity contribution in [2.24, 2.45) is 0 Å². The van der Waals surface area contributed by atoms with Gasteiger partial charge in [-0.25, -0.2) is 0 Å². The second kappa shape index (κ2) is 4.77. The molecule has 2 heterocycles. The molecule has 0 aromatic carbocycles. The van der Waals surface area contributed by atoms with E-state index in [1.165, 1.54) is 15.7 Å². The van der Waals surface area contributed by atoms with Crippen LogP contribution < -0.4 is 5.32 Å². The number of likely N-dealkylation sites (N-methyl/N-ethyl adjacent to an activating group) is 1. The first-order chi connectivity index (χ1) is 8.50. The van der Waals surface area contributed by atoms with Crippen LogP contribution >= 0.6 is 11.6 Å². The fourth-order valence-corrected chi connectivity index (χ4v) is 1.59. The largest absolute Gasteiger partial charge is 0.361 e. The molecule has 0 fully saturated rings. The number of rotatable bonds is 3. The second-order valence-corrected chi connectivity index (χ2v) is 4.35. The van der Waals surface area contributed by atoms with Crippen molar-refractivity contribution in [2.75, 3.05) is 26.0 Å². The number of halogens is 1. The molecule has 0 atom stereocenters. The summed E-state index contributed by atoms with van der Waals surface area (Å²) in [6, 6.07) is 0. The smallest absolute Gasteiger partial charge is 0.255 e. The van der Waals surface area contributed by atoms with Crippen LogP contribution in [-0.2, 0) is 4.79 Å². The van der Waals surface area contributed by atoms with Gasteiger partial charge in [0.25, 0.3) is 5.78 Å². The molecule has 0 spiro atoms. The van der Waals surface area contributed by atoms with Gasteiger partial charge in [0, 0.05) is 19.7 Å². The van der Waals surface area contributed by atoms with E-state index in [4.69, 9.17) is 11.6 Å². The topological polar surface area (TPSA) is 75.4 Å². The molecule has 0 saturated carbocycles. The van der Waals surface area contributed by atoms with Gasteiger partial charge >= 0.3 is 0 Å². The average molecular weight is 269 g/mol. The van der Waals surface area contributed by atoms with E-state index in [2.05, 4.69) is 20.4 Å². The molecule has 0 aliphatic heterocycles. The Balaban J connectivity index is 2.34. The summed E-state index contributed by atoms with van der Waals surface area (Å²) >= 11 is 6.00. The van der Waals surface area contributed by atoms with Crippen LogP contribution in [0, 0.1) is 6.92 Å². The molecule has 2 rings (SSSR count). The summed E-state index contributed by atoms with van der Waals surface area (Å²) in [6.07, 6.45) is 1.39. The van der Waals surface area contributed by atoms with Crippen molar-refractivity contribution in [3.8, 4) is 0 Å². The Kier molecular flexibility index (Phi) is 3.33. The summed E-state index contributed by atoms with van der Waals surface area (Å²) in [4.78, 5) is 21.1. The minimum absolute atomic E-state index is 0.0457. The highest BCUT2D eigenvalue weighted by Gasteiger charge is 2.13. The number of nitrogens with one attached hydrogen (secondary N) is 1. The van der Waals surface area contributed by atoms with Crippen molar-refractivity contribution in [3.63, 3.8) is 0 Å². The highest BCUT2D eigenvalue weighted by atomic mass is 35.5. The Morgan fingerprint density at radius 1 is 1.56 bits per heavy atom. The van der Waals surface area contributed by atoms with E-state index in [0.717, 1.165) is 5.56 Å². The first-order valence-electron chi connectivity index (χ1n) is 5.30. The number of hydrogen-bond donors (Lipinski definition) is 1. The van der Waals surface area contributed by atoms with Gasteiger partial charge in [-0.2, -0.15) is 19.6 Å². The van der Waals surface area contributed by atoms with E-state index < -0.39 is 0 Å². The van der Waals surface area contributed by atoms with Gasteiger partial charge < -0.3 is 10.2 Å². The Morgan fingerprint density at radius 3 is 2.94 bits per heavy atom. The van der Waals surface area contributed by atoms with E-state index in [1.54, 1.807) is 21.0 Å². The van der Waals surface area contributed by atoms with Gasteiger partial charge in [0.2, 0.25) is 5.91 Å². The number of anilines is 1. The highest BCUT2D eigenvalue weighted by molar-refractivity contribution is 6.30. The SMILES string of the molecule is Cc1c(Cl)nc2ncnn2c1NCC(=O)N(C)C. The number of fused-ring (bicyclic) bond motifs is 1. The molecule has 96 valence electrons. The lowest BCUT2D eigenvalue weighted by atomic mass is 10.3. The van der Waals surface area contributed by atoms with Crippen molar-refractivity contribution in [3.05, 3.63) is 17.0 Å². The molecule has 1 N–H and O–H groups in total. The van der Waals surface area contributed by atoms with Gasteiger partial charge in [0.05, 0.1) is 6.54 Å². The van der Waals surface area contributed by atoms with E-state index >= 15 is 0 Å². The van der Waals surface area contributed by atoms with E-state index in [1.807, 2.05) is 0 Å².